The van der Waals surface area contributed by atoms with E-state index in [0.29, 0.717) is 5.41 Å². The maximum absolute atomic E-state index is 4.76. The van der Waals surface area contributed by atoms with Crippen molar-refractivity contribution in [2.45, 2.75) is 52.5 Å². The molecule has 1 aromatic rings. The second-order valence-electron chi connectivity index (χ2n) is 5.83. The van der Waals surface area contributed by atoms with Gasteiger partial charge in [0.2, 0.25) is 0 Å². The van der Waals surface area contributed by atoms with E-state index in [2.05, 4.69) is 40.1 Å². The number of nitrogens with zero attached hydrogens (tertiary/aromatic N) is 1. The molecule has 16 heavy (non-hydrogen) atoms. The summed E-state index contributed by atoms with van der Waals surface area (Å²) in [5.74, 6) is 0. The predicted octanol–water partition coefficient (Wildman–Crippen LogP) is 3.38. The first-order chi connectivity index (χ1) is 7.38. The molecule has 1 aliphatic rings. The van der Waals surface area contributed by atoms with Gasteiger partial charge in [-0.1, -0.05) is 13.8 Å². The number of hydrogen-bond donors (Lipinski definition) is 1. The Kier molecular flexibility index (Phi) is 2.87. The lowest BCUT2D eigenvalue weighted by atomic mass is 9.88. The molecule has 1 N–H and O–H groups in total. The van der Waals surface area contributed by atoms with Crippen LogP contribution in [0, 0.1) is 19.3 Å². The first kappa shape index (κ1) is 12.1. The van der Waals surface area contributed by atoms with Gasteiger partial charge in [-0.2, -0.15) is 0 Å². The molecule has 0 radical (unpaired) electrons. The molecule has 1 saturated carbocycles. The lowest BCUT2D eigenvalue weighted by Crippen LogP contribution is -2.38. The van der Waals surface area contributed by atoms with E-state index in [9.17, 15) is 0 Å². The zero-order valence-electron chi connectivity index (χ0n) is 11.0. The quantitative estimate of drug-likeness (QED) is 0.854. The largest absolute Gasteiger partial charge is 0.308 e. The second-order valence-corrected chi connectivity index (χ2v) is 7.04. The molecule has 2 rings (SSSR count). The van der Waals surface area contributed by atoms with Gasteiger partial charge < -0.3 is 5.32 Å². The van der Waals surface area contributed by atoms with Crippen LogP contribution in [0.1, 0.15) is 48.7 Å². The molecule has 0 aromatic carbocycles. The van der Waals surface area contributed by atoms with Gasteiger partial charge in [0, 0.05) is 4.88 Å². The predicted molar refractivity (Wildman–Crippen MR) is 70.0 cm³/mol. The number of nitrogens with one attached hydrogen (secondary N) is 1. The smallest absolute Gasteiger partial charge is 0.113 e. The molecule has 0 amide bonds. The van der Waals surface area contributed by atoms with Crippen LogP contribution in [0.4, 0.5) is 0 Å². The molecule has 1 atom stereocenters. The van der Waals surface area contributed by atoms with Gasteiger partial charge in [0.15, 0.2) is 0 Å². The highest BCUT2D eigenvalue weighted by Gasteiger charge is 2.45. The fraction of sp³-hybridized carbons (Fsp3) is 0.769. The van der Waals surface area contributed by atoms with Crippen LogP contribution in [0.2, 0.25) is 0 Å². The molecule has 0 bridgehead atoms. The molecule has 0 saturated heterocycles. The summed E-state index contributed by atoms with van der Waals surface area (Å²) in [6.45, 7) is 9.00. The minimum absolute atomic E-state index is 0.132. The number of thiazole rings is 1. The second kappa shape index (κ2) is 3.81. The monoisotopic (exact) mass is 238 g/mol. The molecule has 1 aliphatic carbocycles. The van der Waals surface area contributed by atoms with E-state index in [1.807, 2.05) is 11.3 Å². The van der Waals surface area contributed by atoms with Crippen LogP contribution < -0.4 is 5.32 Å². The fourth-order valence-electron chi connectivity index (χ4n) is 2.73. The van der Waals surface area contributed by atoms with Crippen LogP contribution >= 0.6 is 11.3 Å². The first-order valence-electron chi connectivity index (χ1n) is 6.02. The van der Waals surface area contributed by atoms with Crippen molar-refractivity contribution in [2.75, 3.05) is 7.05 Å². The standard InChI is InChI=1S/C13H22N2S/c1-9-10(2)16-11(15-9)13(14-5)7-6-12(3,4)8-13/h14H,6-8H2,1-5H3. The molecular formula is C13H22N2S. The normalized spacial score (nSPS) is 28.6. The van der Waals surface area contributed by atoms with Crippen molar-refractivity contribution in [3.63, 3.8) is 0 Å². The van der Waals surface area contributed by atoms with Crippen molar-refractivity contribution in [1.82, 2.24) is 10.3 Å². The number of rotatable bonds is 2. The van der Waals surface area contributed by atoms with Crippen LogP contribution in [0.15, 0.2) is 0 Å². The Morgan fingerprint density at radius 3 is 2.31 bits per heavy atom. The van der Waals surface area contributed by atoms with Crippen molar-refractivity contribution < 1.29 is 0 Å². The topological polar surface area (TPSA) is 24.9 Å². The highest BCUT2D eigenvalue weighted by Crippen LogP contribution is 2.49. The molecule has 1 unspecified atom stereocenters. The van der Waals surface area contributed by atoms with E-state index in [-0.39, 0.29) is 5.54 Å². The average molecular weight is 238 g/mol. The summed E-state index contributed by atoms with van der Waals surface area (Å²) >= 11 is 1.86. The van der Waals surface area contributed by atoms with E-state index in [0.717, 1.165) is 0 Å². The highest BCUT2D eigenvalue weighted by atomic mass is 32.1. The lowest BCUT2D eigenvalue weighted by molar-refractivity contribution is 0.304. The summed E-state index contributed by atoms with van der Waals surface area (Å²) in [6.07, 6.45) is 3.69. The minimum atomic E-state index is 0.132. The SMILES string of the molecule is CNC1(c2nc(C)c(C)s2)CCC(C)(C)C1. The number of hydrogen-bond acceptors (Lipinski definition) is 3. The van der Waals surface area contributed by atoms with Crippen LogP contribution in [-0.2, 0) is 5.54 Å². The maximum Gasteiger partial charge on any atom is 0.113 e. The Bertz CT molecular complexity index is 375. The third-order valence-electron chi connectivity index (χ3n) is 3.93. The van der Waals surface area contributed by atoms with Gasteiger partial charge in [-0.25, -0.2) is 4.98 Å². The third-order valence-corrected chi connectivity index (χ3v) is 5.20. The number of aromatic nitrogens is 1. The van der Waals surface area contributed by atoms with E-state index in [4.69, 9.17) is 4.98 Å². The zero-order chi connectivity index (χ0) is 12.0. The molecule has 1 heterocycles. The van der Waals surface area contributed by atoms with Gasteiger partial charge in [0.25, 0.3) is 0 Å². The van der Waals surface area contributed by atoms with Crippen molar-refractivity contribution >= 4 is 11.3 Å². The van der Waals surface area contributed by atoms with Gasteiger partial charge in [-0.05, 0) is 45.6 Å². The van der Waals surface area contributed by atoms with Crippen molar-refractivity contribution in [3.8, 4) is 0 Å². The summed E-state index contributed by atoms with van der Waals surface area (Å²) in [4.78, 5) is 6.11. The van der Waals surface area contributed by atoms with E-state index >= 15 is 0 Å². The molecule has 90 valence electrons. The molecule has 0 spiro atoms. The lowest BCUT2D eigenvalue weighted by Gasteiger charge is -2.28. The first-order valence-corrected chi connectivity index (χ1v) is 6.84. The molecular weight excluding hydrogens is 216 g/mol. The number of aryl methyl sites for hydroxylation is 2. The average Bonchev–Trinajstić information content (AvgIpc) is 2.70. The van der Waals surface area contributed by atoms with Crippen LogP contribution in [-0.4, -0.2) is 12.0 Å². The van der Waals surface area contributed by atoms with E-state index < -0.39 is 0 Å². The molecule has 1 aromatic heterocycles. The van der Waals surface area contributed by atoms with Crippen LogP contribution in [0.25, 0.3) is 0 Å². The van der Waals surface area contributed by atoms with Gasteiger partial charge in [-0.15, -0.1) is 11.3 Å². The van der Waals surface area contributed by atoms with Gasteiger partial charge in [-0.3, -0.25) is 0 Å². The van der Waals surface area contributed by atoms with Crippen LogP contribution in [0.3, 0.4) is 0 Å². The van der Waals surface area contributed by atoms with Gasteiger partial charge in [0.1, 0.15) is 5.01 Å². The summed E-state index contributed by atoms with van der Waals surface area (Å²) in [7, 11) is 2.08. The minimum Gasteiger partial charge on any atom is -0.308 e. The Labute approximate surface area is 102 Å². The Morgan fingerprint density at radius 1 is 1.25 bits per heavy atom. The Morgan fingerprint density at radius 2 is 1.94 bits per heavy atom. The fourth-order valence-corrected chi connectivity index (χ4v) is 3.86. The summed E-state index contributed by atoms with van der Waals surface area (Å²) in [5.41, 5.74) is 1.77. The zero-order valence-corrected chi connectivity index (χ0v) is 11.8. The molecule has 3 heteroatoms. The molecule has 0 aliphatic heterocycles. The van der Waals surface area contributed by atoms with E-state index in [1.54, 1.807) is 0 Å². The van der Waals surface area contributed by atoms with Gasteiger partial charge in [0.05, 0.1) is 11.2 Å². The van der Waals surface area contributed by atoms with Crippen molar-refractivity contribution in [3.05, 3.63) is 15.6 Å². The van der Waals surface area contributed by atoms with Crippen LogP contribution in [0.5, 0.6) is 0 Å². The Hall–Kier alpha value is -0.410. The van der Waals surface area contributed by atoms with Crippen molar-refractivity contribution in [2.24, 2.45) is 5.41 Å². The maximum atomic E-state index is 4.76. The molecule has 2 nitrogen and oxygen atoms in total. The van der Waals surface area contributed by atoms with E-state index in [1.165, 1.54) is 34.8 Å². The Balaban J connectivity index is 2.36. The van der Waals surface area contributed by atoms with Crippen molar-refractivity contribution in [1.29, 1.82) is 0 Å². The summed E-state index contributed by atoms with van der Waals surface area (Å²) < 4.78 is 0. The summed E-state index contributed by atoms with van der Waals surface area (Å²) in [6, 6.07) is 0. The highest BCUT2D eigenvalue weighted by molar-refractivity contribution is 7.11. The molecule has 1 fully saturated rings. The third kappa shape index (κ3) is 1.91. The summed E-state index contributed by atoms with van der Waals surface area (Å²) in [5, 5.41) is 4.83. The van der Waals surface area contributed by atoms with Gasteiger partial charge >= 0.3 is 0 Å².